The number of methoxy groups -OCH3 is 1. The van der Waals surface area contributed by atoms with E-state index in [9.17, 15) is 43.8 Å². The molecule has 5 fully saturated rings. The van der Waals surface area contributed by atoms with Crippen LogP contribution in [0.3, 0.4) is 0 Å². The van der Waals surface area contributed by atoms with Crippen molar-refractivity contribution >= 4 is 41.7 Å². The first kappa shape index (κ1) is 124. The average Bonchev–Trinajstić information content (AvgIpc) is 1.67. The molecule has 5 aliphatic rings. The number of hydrogen-bond acceptors (Lipinski definition) is 21. The number of rotatable bonds is 23. The Hall–Kier alpha value is -8.75. The van der Waals surface area contributed by atoms with Crippen LogP contribution < -0.4 is 42.0 Å². The smallest absolute Gasteiger partial charge is 0.410 e. The zero-order chi connectivity index (χ0) is 104. The minimum Gasteiger partial charge on any atom is -0.508 e. The number of β-amino-alcohol motifs (C(OH)–C–C–N with tert-alkyl or cyclic N) is 1. The highest BCUT2D eigenvalue weighted by atomic mass is 16.6. The van der Waals surface area contributed by atoms with Crippen LogP contribution >= 0.6 is 0 Å². The van der Waals surface area contributed by atoms with Gasteiger partial charge in [0.2, 0.25) is 23.6 Å². The number of aromatic hydroxyl groups is 1. The Labute approximate surface area is 826 Å². The molecule has 9 N–H and O–H groups in total. The fourth-order valence-electron chi connectivity index (χ4n) is 13.6. The van der Waals surface area contributed by atoms with Crippen LogP contribution in [0.2, 0.25) is 0 Å². The summed E-state index contributed by atoms with van der Waals surface area (Å²) in [5.74, 6) is 4.58. The standard InChI is InChI=1S/C15H26N4O2.C14H26N2O3.C14H21NO.C13H23N3O.C13H26N2O3.C10H20N2O.2C10H14O.C8H18N2O/c1-15(2,3)14-17-11-12(18(14)4)13(20)16-5-6-19-7-9-21-10-8-19;1-10(2)12(17)15-8-11-6-7-16(9-11)13(18)19-14(3,4)5;1-11(2)13-5-3-12(4-6-13)9-15-8-7-14(16)10-15;1-13(2,3)12-10-16(11-14-12)5-4-15-6-8-17-9-7-15;1-12(2,3)10(16)14-8-9-15(7)11(17)18-13(4,5)6;1-10(2,3)9(13)12-7-8-4-5-11-6-8;1-8(2)9-4-6-10(11-3)7-5-9;1-10(2,3)8-5-4-6-9(11)7-8;1-8(2,3)7(11)10-6-5-9-4/h11H,5-10H2,1-4H3,(H,16,20);10-11H,6-9H2,1-5H3,(H,15,17);3-6,11,14,16H,7-10H2,1-2H3;10-11H,4-9H2,1-3H3;8-9H2,1-7H3,(H,14,16);8,11H,4-7H2,1-3H3,(H,12,13);4-8H,1-3H3;4-7,11H,1-3H3;9H,5-6H2,1-4H3,(H,10,11)/t;;14-;;;;;;/m..0....../s1. The molecule has 0 radical (unpaired) electrons. The van der Waals surface area contributed by atoms with Crippen LogP contribution in [0.15, 0.2) is 91.5 Å². The molecule has 137 heavy (non-hydrogen) atoms. The highest BCUT2D eigenvalue weighted by Gasteiger charge is 2.32. The zero-order valence-electron chi connectivity index (χ0n) is 91.2. The first-order chi connectivity index (χ1) is 63.4. The van der Waals surface area contributed by atoms with E-state index in [1.54, 1.807) is 37.4 Å². The molecular weight excluding hydrogens is 1730 g/mol. The van der Waals surface area contributed by atoms with Crippen molar-refractivity contribution < 1.29 is 67.5 Å². The van der Waals surface area contributed by atoms with Crippen LogP contribution in [0, 0.1) is 34.0 Å². The summed E-state index contributed by atoms with van der Waals surface area (Å²) in [5, 5.41) is 39.3. The molecular formula is C107H188N16O14. The van der Waals surface area contributed by atoms with E-state index < -0.39 is 16.6 Å². The molecule has 0 spiro atoms. The third-order valence-electron chi connectivity index (χ3n) is 22.6. The molecule has 3 aromatic carbocycles. The predicted molar refractivity (Wildman–Crippen MR) is 555 cm³/mol. The molecule has 780 valence electrons. The Morgan fingerprint density at radius 3 is 1.52 bits per heavy atom. The number of imidazole rings is 2. The molecule has 5 aliphatic heterocycles. The molecule has 3 atom stereocenters. The van der Waals surface area contributed by atoms with Crippen LogP contribution in [-0.4, -0.2) is 285 Å². The van der Waals surface area contributed by atoms with Gasteiger partial charge in [0.05, 0.1) is 57.9 Å². The largest absolute Gasteiger partial charge is 0.508 e. The second-order valence-corrected chi connectivity index (χ2v) is 45.3. The molecule has 30 nitrogen and oxygen atoms in total. The van der Waals surface area contributed by atoms with E-state index in [4.69, 9.17) is 23.7 Å². The highest BCUT2D eigenvalue weighted by Crippen LogP contribution is 2.28. The van der Waals surface area contributed by atoms with Gasteiger partial charge in [-0.1, -0.05) is 215 Å². The number of carbonyl (C=O) groups is 7. The molecule has 30 heteroatoms. The Balaban J connectivity index is 0.000000526. The van der Waals surface area contributed by atoms with Gasteiger partial charge in [0.15, 0.2) is 0 Å². The number of nitrogens with one attached hydrogen (secondary N) is 7. The van der Waals surface area contributed by atoms with Gasteiger partial charge in [-0.25, -0.2) is 19.6 Å². The molecule has 0 aliphatic carbocycles. The quantitative estimate of drug-likeness (QED) is 0.0274. The van der Waals surface area contributed by atoms with Gasteiger partial charge in [0.1, 0.15) is 34.2 Å². The molecule has 2 aromatic heterocycles. The third kappa shape index (κ3) is 54.0. The van der Waals surface area contributed by atoms with E-state index in [2.05, 4.69) is 199 Å². The van der Waals surface area contributed by atoms with E-state index in [1.165, 1.54) is 33.7 Å². The molecule has 2 unspecified atom stereocenters. The van der Waals surface area contributed by atoms with Crippen molar-refractivity contribution in [2.45, 2.75) is 285 Å². The van der Waals surface area contributed by atoms with Gasteiger partial charge in [-0.15, -0.1) is 0 Å². The van der Waals surface area contributed by atoms with Crippen LogP contribution in [-0.2, 0) is 74.5 Å². The Morgan fingerprint density at radius 1 is 0.555 bits per heavy atom. The predicted octanol–water partition coefficient (Wildman–Crippen LogP) is 15.3. The summed E-state index contributed by atoms with van der Waals surface area (Å²) in [5.41, 5.74) is 5.34. The van der Waals surface area contributed by atoms with Gasteiger partial charge in [0, 0.05) is 178 Å². The number of ether oxygens (including phenoxy) is 5. The molecule has 0 bridgehead atoms. The number of hydrogen-bond donors (Lipinski definition) is 9. The van der Waals surface area contributed by atoms with Gasteiger partial charge in [-0.05, 0) is 157 Å². The lowest BCUT2D eigenvalue weighted by Gasteiger charge is -2.26. The second-order valence-electron chi connectivity index (χ2n) is 45.3. The Bertz CT molecular complexity index is 4250. The number of morpholine rings is 2. The van der Waals surface area contributed by atoms with Crippen molar-refractivity contribution in [2.24, 2.45) is 41.0 Å². The van der Waals surface area contributed by atoms with E-state index in [-0.39, 0.29) is 80.8 Å². The maximum atomic E-state index is 12.2. The first-order valence-electron chi connectivity index (χ1n) is 49.7. The maximum absolute atomic E-state index is 12.2. The topological polar surface area (TPSA) is 342 Å². The van der Waals surface area contributed by atoms with Crippen LogP contribution in [0.25, 0.3) is 0 Å². The van der Waals surface area contributed by atoms with Gasteiger partial charge in [-0.2, -0.15) is 0 Å². The lowest BCUT2D eigenvalue weighted by Crippen LogP contribution is -2.42. The summed E-state index contributed by atoms with van der Waals surface area (Å²) in [4.78, 5) is 101. The zero-order valence-corrected chi connectivity index (χ0v) is 91.2. The summed E-state index contributed by atoms with van der Waals surface area (Å²) >= 11 is 0. The van der Waals surface area contributed by atoms with E-state index >= 15 is 0 Å². The summed E-state index contributed by atoms with van der Waals surface area (Å²) < 4.78 is 30.3. The minimum atomic E-state index is -0.500. The molecule has 5 aromatic rings. The van der Waals surface area contributed by atoms with Crippen molar-refractivity contribution in [2.75, 3.05) is 172 Å². The van der Waals surface area contributed by atoms with Gasteiger partial charge in [-0.3, -0.25) is 38.7 Å². The van der Waals surface area contributed by atoms with Gasteiger partial charge in [0.25, 0.3) is 5.91 Å². The minimum absolute atomic E-state index is 0.00311. The third-order valence-corrected chi connectivity index (χ3v) is 22.6. The lowest BCUT2D eigenvalue weighted by molar-refractivity contribution is -0.129. The Morgan fingerprint density at radius 2 is 1.08 bits per heavy atom. The summed E-state index contributed by atoms with van der Waals surface area (Å²) in [6.07, 6.45) is 8.03. The van der Waals surface area contributed by atoms with E-state index in [0.717, 1.165) is 148 Å². The molecule has 5 saturated heterocycles. The number of aliphatic hydroxyl groups excluding tert-OH is 1. The van der Waals surface area contributed by atoms with Gasteiger partial charge < -0.3 is 90.0 Å². The van der Waals surface area contributed by atoms with E-state index in [1.807, 2.05) is 167 Å². The first-order valence-corrected chi connectivity index (χ1v) is 49.7. The number of nitrogens with zero attached hydrogens (tertiary/aromatic N) is 9. The molecule has 7 heterocycles. The number of aromatic nitrogens is 4. The molecule has 7 amide bonds. The normalized spacial score (nSPS) is 16.6. The summed E-state index contributed by atoms with van der Waals surface area (Å²) in [7, 11) is 7.09. The number of likely N-dealkylation sites (tertiary alicyclic amines) is 2. The highest BCUT2D eigenvalue weighted by molar-refractivity contribution is 5.92. The van der Waals surface area contributed by atoms with Crippen LogP contribution in [0.5, 0.6) is 11.5 Å². The lowest BCUT2D eigenvalue weighted by atomic mass is 9.87. The van der Waals surface area contributed by atoms with Crippen molar-refractivity contribution in [3.8, 4) is 11.5 Å². The number of phenolic OH excluding ortho intramolecular Hbond substituents is 1. The summed E-state index contributed by atoms with van der Waals surface area (Å²) in [6, 6.07) is 24.4. The van der Waals surface area contributed by atoms with Crippen molar-refractivity contribution in [3.05, 3.63) is 131 Å². The fraction of sp³-hybridized carbons (Fsp3) is 0.710. The van der Waals surface area contributed by atoms with Crippen LogP contribution in [0.1, 0.15) is 283 Å². The number of amides is 7. The van der Waals surface area contributed by atoms with Crippen molar-refractivity contribution in [1.82, 2.24) is 80.8 Å². The Kier molecular flexibility index (Phi) is 54.8. The maximum Gasteiger partial charge on any atom is 0.410 e. The van der Waals surface area contributed by atoms with Crippen molar-refractivity contribution in [3.63, 3.8) is 0 Å². The monoisotopic (exact) mass is 1920 g/mol. The SMILES string of the molecule is CC(C)(C)C(=O)NCC1CCNC1.CC(C)(C)c1cccc(O)c1.CC(C)(C)c1cn(CCN2CCOCC2)cn1.CC(C)C(=O)NCC1CCN(C(=O)OC(C)(C)C)C1.CC(C)c1ccc(CN2CC[C@H](O)C2)cc1.CN(CCNC(=O)C(C)(C)C)C(=O)OC(C)(C)C.CNCCNC(=O)C(C)(C)C.COc1ccc(C(C)C)cc1.Cn1c(C(=O)NCCN2CCOCC2)cnc1C(C)(C)C. The molecule has 0 saturated carbocycles. The number of benzene rings is 3. The van der Waals surface area contributed by atoms with Gasteiger partial charge >= 0.3 is 12.2 Å². The number of likely N-dealkylation sites (N-methyl/N-ethyl adjacent to an activating group) is 2. The summed E-state index contributed by atoms with van der Waals surface area (Å²) in [6.45, 7) is 81.0. The van der Waals surface area contributed by atoms with Crippen LogP contribution in [0.4, 0.5) is 9.59 Å². The van der Waals surface area contributed by atoms with Crippen molar-refractivity contribution in [1.29, 1.82) is 0 Å². The average molecular weight is 1920 g/mol. The molecule has 10 rings (SSSR count). The van der Waals surface area contributed by atoms with E-state index in [0.29, 0.717) is 80.9 Å². The number of phenols is 1. The number of aliphatic hydroxyl groups is 1. The second kappa shape index (κ2) is 60.4. The fourth-order valence-corrected chi connectivity index (χ4v) is 13.6. The number of carbonyl (C=O) groups excluding carboxylic acids is 7.